The fourth-order valence-electron chi connectivity index (χ4n) is 4.59. The molecule has 0 radical (unpaired) electrons. The topological polar surface area (TPSA) is 166 Å². The highest BCUT2D eigenvalue weighted by molar-refractivity contribution is 5.83. The first-order valence-corrected chi connectivity index (χ1v) is 15.2. The maximum absolute atomic E-state index is 13.0. The van der Waals surface area contributed by atoms with Gasteiger partial charge in [0.05, 0.1) is 24.7 Å². The quantitative estimate of drug-likeness (QED) is 0.128. The number of hydrogen-bond donors (Lipinski definition) is 5. The van der Waals surface area contributed by atoms with Crippen LogP contribution in [0.4, 0.5) is 0 Å². The maximum Gasteiger partial charge on any atom is 0.224 e. The molecule has 0 aliphatic rings. The van der Waals surface area contributed by atoms with E-state index in [0.29, 0.717) is 50.1 Å². The van der Waals surface area contributed by atoms with Gasteiger partial charge in [-0.3, -0.25) is 9.59 Å². The molecule has 2 amide bonds. The first-order chi connectivity index (χ1) is 19.7. The number of primary amides is 1. The van der Waals surface area contributed by atoms with Crippen molar-refractivity contribution in [1.82, 2.24) is 5.32 Å². The van der Waals surface area contributed by atoms with E-state index < -0.39 is 29.4 Å². The number of benzene rings is 1. The molecule has 0 aliphatic carbocycles. The second-order valence-electron chi connectivity index (χ2n) is 12.6. The largest absolute Gasteiger partial charge is 0.490 e. The summed E-state index contributed by atoms with van der Waals surface area (Å²) in [6, 6.07) is 5.39. The number of aliphatic hydroxyl groups excluding tert-OH is 2. The number of nitrogens with two attached hydrogens (primary N) is 2. The van der Waals surface area contributed by atoms with E-state index in [1.165, 1.54) is 0 Å². The van der Waals surface area contributed by atoms with Crippen molar-refractivity contribution >= 4 is 11.8 Å². The fraction of sp³-hybridized carbons (Fsp3) is 0.750. The third-order valence-electron chi connectivity index (χ3n) is 7.84. The van der Waals surface area contributed by atoms with Gasteiger partial charge in [-0.05, 0) is 68.6 Å². The summed E-state index contributed by atoms with van der Waals surface area (Å²) < 4.78 is 17.0. The second kappa shape index (κ2) is 19.0. The molecule has 0 saturated carbocycles. The lowest BCUT2D eigenvalue weighted by molar-refractivity contribution is -0.130. The van der Waals surface area contributed by atoms with Gasteiger partial charge in [-0.1, -0.05) is 33.8 Å². The van der Waals surface area contributed by atoms with E-state index in [1.807, 2.05) is 32.0 Å². The van der Waals surface area contributed by atoms with Crippen molar-refractivity contribution in [3.8, 4) is 11.5 Å². The molecule has 0 saturated heterocycles. The van der Waals surface area contributed by atoms with Gasteiger partial charge in [0.25, 0.3) is 0 Å². The molecule has 42 heavy (non-hydrogen) atoms. The number of aliphatic hydroxyl groups is 2. The van der Waals surface area contributed by atoms with Gasteiger partial charge in [0.2, 0.25) is 11.8 Å². The van der Waals surface area contributed by atoms with Crippen molar-refractivity contribution in [2.24, 2.45) is 40.6 Å². The SMILES string of the molecule is COCCCOc1cc(C[C@@H](C[C@H](N)[C@@H](O)C[C@H](C(=O)NCC(C)(C)C(N)=O)C(C)C)C(C)C)ccc1OCCCO. The fourth-order valence-corrected chi connectivity index (χ4v) is 4.59. The molecular formula is C32H57N3O7. The summed E-state index contributed by atoms with van der Waals surface area (Å²) in [4.78, 5) is 24.6. The molecule has 4 atom stereocenters. The summed E-state index contributed by atoms with van der Waals surface area (Å²) in [5.74, 6) is 0.585. The standard InChI is InChI=1S/C32H57N3O7/c1-21(2)24(16-23-10-11-28(41-14-8-12-36)29(17-23)42-15-9-13-40-7)18-26(33)27(37)19-25(22(3)4)30(38)35-20-32(5,6)31(34)39/h10-11,17,21-22,24-27,36-37H,8-9,12-16,18-20,33H2,1-7H3,(H2,34,39)(H,35,38)/t24-,25-,26-,27-/m0/s1. The van der Waals surface area contributed by atoms with Gasteiger partial charge in [-0.2, -0.15) is 0 Å². The van der Waals surface area contributed by atoms with E-state index in [4.69, 9.17) is 30.8 Å². The van der Waals surface area contributed by atoms with Crippen LogP contribution in [-0.4, -0.2) is 74.3 Å². The normalized spacial score (nSPS) is 14.9. The van der Waals surface area contributed by atoms with Gasteiger partial charge in [0.15, 0.2) is 11.5 Å². The molecule has 0 aromatic heterocycles. The molecule has 0 heterocycles. The van der Waals surface area contributed by atoms with Crippen molar-refractivity contribution in [2.75, 3.05) is 40.1 Å². The molecule has 0 fully saturated rings. The zero-order valence-corrected chi connectivity index (χ0v) is 26.9. The summed E-state index contributed by atoms with van der Waals surface area (Å²) in [6.07, 6.45) is 1.96. The van der Waals surface area contributed by atoms with E-state index in [-0.39, 0.29) is 37.3 Å². The number of carbonyl (C=O) groups excluding carboxylic acids is 2. The highest BCUT2D eigenvalue weighted by Crippen LogP contribution is 2.32. The van der Waals surface area contributed by atoms with E-state index in [2.05, 4.69) is 19.2 Å². The van der Waals surface area contributed by atoms with Crippen molar-refractivity contribution in [3.63, 3.8) is 0 Å². The van der Waals surface area contributed by atoms with Gasteiger partial charge in [-0.25, -0.2) is 0 Å². The first-order valence-electron chi connectivity index (χ1n) is 15.2. The van der Waals surface area contributed by atoms with Crippen LogP contribution in [0.1, 0.15) is 72.8 Å². The minimum Gasteiger partial charge on any atom is -0.490 e. The number of amides is 2. The number of rotatable bonds is 22. The molecule has 1 aromatic rings. The van der Waals surface area contributed by atoms with Crippen LogP contribution in [0, 0.1) is 29.1 Å². The van der Waals surface area contributed by atoms with Crippen LogP contribution in [0.5, 0.6) is 11.5 Å². The Morgan fingerprint density at radius 1 is 0.976 bits per heavy atom. The Kier molecular flexibility index (Phi) is 17.0. The number of methoxy groups -OCH3 is 1. The summed E-state index contributed by atoms with van der Waals surface area (Å²) in [5.41, 5.74) is 12.2. The average Bonchev–Trinajstić information content (AvgIpc) is 2.92. The van der Waals surface area contributed by atoms with Gasteiger partial charge >= 0.3 is 0 Å². The summed E-state index contributed by atoms with van der Waals surface area (Å²) in [7, 11) is 1.66. The predicted molar refractivity (Wildman–Crippen MR) is 165 cm³/mol. The minimum absolute atomic E-state index is 0.0233. The predicted octanol–water partition coefficient (Wildman–Crippen LogP) is 3.05. The van der Waals surface area contributed by atoms with Crippen LogP contribution in [-0.2, 0) is 20.7 Å². The molecule has 0 bridgehead atoms. The third kappa shape index (κ3) is 13.3. The average molecular weight is 596 g/mol. The molecule has 10 nitrogen and oxygen atoms in total. The molecule has 10 heteroatoms. The van der Waals surface area contributed by atoms with Gasteiger partial charge in [-0.15, -0.1) is 0 Å². The Bertz CT molecular complexity index is 939. The minimum atomic E-state index is -0.866. The molecule has 0 spiro atoms. The van der Waals surface area contributed by atoms with Crippen molar-refractivity contribution in [2.45, 2.75) is 85.8 Å². The van der Waals surface area contributed by atoms with Crippen molar-refractivity contribution in [3.05, 3.63) is 23.8 Å². The number of hydrogen-bond acceptors (Lipinski definition) is 8. The van der Waals surface area contributed by atoms with E-state index in [1.54, 1.807) is 21.0 Å². The van der Waals surface area contributed by atoms with Gasteiger partial charge in [0, 0.05) is 51.7 Å². The number of ether oxygens (including phenoxy) is 3. The molecule has 1 aromatic carbocycles. The van der Waals surface area contributed by atoms with Gasteiger partial charge < -0.3 is 41.2 Å². The van der Waals surface area contributed by atoms with Crippen LogP contribution in [0.15, 0.2) is 18.2 Å². The Balaban J connectivity index is 2.93. The Morgan fingerprint density at radius 2 is 1.62 bits per heavy atom. The molecular weight excluding hydrogens is 538 g/mol. The smallest absolute Gasteiger partial charge is 0.224 e. The Labute approximate surface area is 252 Å². The lowest BCUT2D eigenvalue weighted by Gasteiger charge is -2.30. The second-order valence-corrected chi connectivity index (χ2v) is 12.6. The number of carbonyl (C=O) groups is 2. The van der Waals surface area contributed by atoms with Crippen LogP contribution in [0.25, 0.3) is 0 Å². The van der Waals surface area contributed by atoms with Gasteiger partial charge in [0.1, 0.15) is 0 Å². The van der Waals surface area contributed by atoms with Crippen molar-refractivity contribution in [1.29, 1.82) is 0 Å². The molecule has 0 aliphatic heterocycles. The highest BCUT2D eigenvalue weighted by atomic mass is 16.5. The van der Waals surface area contributed by atoms with Crippen LogP contribution < -0.4 is 26.3 Å². The first kappa shape index (κ1) is 37.6. The zero-order valence-electron chi connectivity index (χ0n) is 26.9. The van der Waals surface area contributed by atoms with Crippen molar-refractivity contribution < 1.29 is 34.0 Å². The Morgan fingerprint density at radius 3 is 2.19 bits per heavy atom. The third-order valence-corrected chi connectivity index (χ3v) is 7.84. The monoisotopic (exact) mass is 595 g/mol. The molecule has 242 valence electrons. The van der Waals surface area contributed by atoms with Crippen LogP contribution >= 0.6 is 0 Å². The highest BCUT2D eigenvalue weighted by Gasteiger charge is 2.32. The zero-order chi connectivity index (χ0) is 31.9. The lowest BCUT2D eigenvalue weighted by Crippen LogP contribution is -2.46. The van der Waals surface area contributed by atoms with E-state index in [0.717, 1.165) is 18.4 Å². The summed E-state index contributed by atoms with van der Waals surface area (Å²) in [6.45, 7) is 13.2. The molecule has 1 rings (SSSR count). The Hall–Kier alpha value is -2.40. The number of nitrogens with one attached hydrogen (secondary N) is 1. The van der Waals surface area contributed by atoms with E-state index in [9.17, 15) is 14.7 Å². The summed E-state index contributed by atoms with van der Waals surface area (Å²) in [5, 5.41) is 23.0. The van der Waals surface area contributed by atoms with E-state index >= 15 is 0 Å². The van der Waals surface area contributed by atoms with Crippen LogP contribution in [0.2, 0.25) is 0 Å². The lowest BCUT2D eigenvalue weighted by atomic mass is 9.80. The maximum atomic E-state index is 13.0. The molecule has 7 N–H and O–H groups in total. The summed E-state index contributed by atoms with van der Waals surface area (Å²) >= 11 is 0. The van der Waals surface area contributed by atoms with Crippen LogP contribution in [0.3, 0.4) is 0 Å². The molecule has 0 unspecified atom stereocenters.